The fourth-order valence-electron chi connectivity index (χ4n) is 2.89. The third-order valence-electron chi connectivity index (χ3n) is 4.69. The van der Waals surface area contributed by atoms with Crippen molar-refractivity contribution in [1.29, 1.82) is 0 Å². The van der Waals surface area contributed by atoms with Crippen molar-refractivity contribution in [2.24, 2.45) is 9.98 Å². The van der Waals surface area contributed by atoms with Crippen LogP contribution in [0.3, 0.4) is 0 Å². The first kappa shape index (κ1) is 22.8. The summed E-state index contributed by atoms with van der Waals surface area (Å²) in [6.45, 7) is 3.43. The Morgan fingerprint density at radius 2 is 1.97 bits per heavy atom. The molecule has 0 fully saturated rings. The Morgan fingerprint density at radius 3 is 2.59 bits per heavy atom. The first-order valence-electron chi connectivity index (χ1n) is 9.58. The molecule has 32 heavy (non-hydrogen) atoms. The summed E-state index contributed by atoms with van der Waals surface area (Å²) in [5.74, 6) is -2.59. The van der Waals surface area contributed by atoms with Crippen LogP contribution < -0.4 is 10.6 Å². The van der Waals surface area contributed by atoms with Crippen molar-refractivity contribution in [3.63, 3.8) is 0 Å². The summed E-state index contributed by atoms with van der Waals surface area (Å²) in [7, 11) is 0. The summed E-state index contributed by atoms with van der Waals surface area (Å²) in [4.78, 5) is 43.8. The number of carbonyl (C=O) groups is 2. The van der Waals surface area contributed by atoms with Gasteiger partial charge in [-0.2, -0.15) is 0 Å². The molecule has 1 aliphatic heterocycles. The summed E-state index contributed by atoms with van der Waals surface area (Å²) >= 11 is 6.31. The van der Waals surface area contributed by atoms with E-state index in [4.69, 9.17) is 16.3 Å². The Kier molecular flexibility index (Phi) is 6.79. The largest absolute Gasteiger partial charge is 0.477 e. The molecule has 164 valence electrons. The van der Waals surface area contributed by atoms with Gasteiger partial charge in [-0.15, -0.1) is 0 Å². The molecule has 1 aliphatic rings. The number of aliphatic imine (C=N–C) groups is 1. The minimum Gasteiger partial charge on any atom is -0.477 e. The van der Waals surface area contributed by atoms with Gasteiger partial charge in [0.1, 0.15) is 5.70 Å². The van der Waals surface area contributed by atoms with Gasteiger partial charge in [0.05, 0.1) is 28.3 Å². The van der Waals surface area contributed by atoms with Gasteiger partial charge < -0.3 is 9.84 Å². The van der Waals surface area contributed by atoms with Gasteiger partial charge in [-0.3, -0.25) is 15.1 Å². The van der Waals surface area contributed by atoms with E-state index in [0.29, 0.717) is 17.0 Å². The van der Waals surface area contributed by atoms with E-state index in [1.165, 1.54) is 18.2 Å². The van der Waals surface area contributed by atoms with Gasteiger partial charge in [-0.05, 0) is 25.5 Å². The first-order chi connectivity index (χ1) is 15.2. The number of allylic oxidation sites excluding steroid dienone is 1. The van der Waals surface area contributed by atoms with E-state index in [2.05, 4.69) is 9.98 Å². The number of fused-ring (bicyclic) bond motifs is 1. The minimum atomic E-state index is -1.53. The number of hydrogen-bond acceptors (Lipinski definition) is 7. The lowest BCUT2D eigenvalue weighted by atomic mass is 10.1. The van der Waals surface area contributed by atoms with E-state index >= 15 is 0 Å². The molecule has 0 amide bonds. The molecule has 1 atom stereocenters. The number of esters is 1. The maximum atomic E-state index is 12.5. The highest BCUT2D eigenvalue weighted by molar-refractivity contribution is 6.32. The highest BCUT2D eigenvalue weighted by atomic mass is 35.5. The SMILES string of the molecule is CCC(C)OC(=O)C(C(=O)O)=C1C=NC(c2ccccc2Cl)=c2cc([N+](=O)[O-])ccc2=N1. The number of rotatable bonds is 6. The molecule has 1 N–H and O–H groups in total. The summed E-state index contributed by atoms with van der Waals surface area (Å²) in [6, 6.07) is 10.6. The molecule has 0 aromatic heterocycles. The van der Waals surface area contributed by atoms with Crippen LogP contribution in [0.4, 0.5) is 5.69 Å². The number of non-ortho nitro benzene ring substituents is 1. The maximum absolute atomic E-state index is 12.5. The van der Waals surface area contributed by atoms with Gasteiger partial charge in [-0.25, -0.2) is 14.6 Å². The average Bonchev–Trinajstić information content (AvgIpc) is 2.92. The normalized spacial score (nSPS) is 15.2. The number of carboxylic acid groups (broad SMARTS) is 1. The molecular formula is C22H18ClN3O6. The van der Waals surface area contributed by atoms with Gasteiger partial charge in [0.2, 0.25) is 0 Å². The zero-order valence-electron chi connectivity index (χ0n) is 17.1. The number of benzene rings is 2. The zero-order valence-corrected chi connectivity index (χ0v) is 17.9. The van der Waals surface area contributed by atoms with Gasteiger partial charge in [0, 0.05) is 27.9 Å². The van der Waals surface area contributed by atoms with Gasteiger partial charge in [0.15, 0.2) is 5.57 Å². The predicted octanol–water partition coefficient (Wildman–Crippen LogP) is 2.79. The number of nitrogens with zero attached hydrogens (tertiary/aromatic N) is 3. The van der Waals surface area contributed by atoms with Crippen LogP contribution in [0.15, 0.2) is 63.7 Å². The van der Waals surface area contributed by atoms with Gasteiger partial charge >= 0.3 is 11.9 Å². The van der Waals surface area contributed by atoms with Crippen LogP contribution in [0, 0.1) is 10.1 Å². The predicted molar refractivity (Wildman–Crippen MR) is 117 cm³/mol. The van der Waals surface area contributed by atoms with E-state index < -0.39 is 28.5 Å². The average molecular weight is 456 g/mol. The lowest BCUT2D eigenvalue weighted by molar-refractivity contribution is -0.385. The summed E-state index contributed by atoms with van der Waals surface area (Å²) < 4.78 is 5.17. The van der Waals surface area contributed by atoms with E-state index in [0.717, 1.165) is 6.21 Å². The van der Waals surface area contributed by atoms with Crippen LogP contribution in [0.1, 0.15) is 25.8 Å². The Balaban J connectivity index is 2.34. The Bertz CT molecular complexity index is 1300. The number of hydrogen-bond donors (Lipinski definition) is 1. The van der Waals surface area contributed by atoms with Crippen molar-refractivity contribution >= 4 is 41.1 Å². The maximum Gasteiger partial charge on any atom is 0.348 e. The lowest BCUT2D eigenvalue weighted by Gasteiger charge is -2.11. The van der Waals surface area contributed by atoms with Crippen molar-refractivity contribution in [2.45, 2.75) is 26.4 Å². The molecule has 0 aliphatic carbocycles. The smallest absolute Gasteiger partial charge is 0.348 e. The third kappa shape index (κ3) is 4.73. The third-order valence-corrected chi connectivity index (χ3v) is 5.02. The zero-order chi connectivity index (χ0) is 23.4. The highest BCUT2D eigenvalue weighted by Gasteiger charge is 2.26. The number of halogens is 1. The molecule has 0 saturated carbocycles. The second kappa shape index (κ2) is 9.52. The molecule has 10 heteroatoms. The number of nitro groups is 1. The standard InChI is InChI=1S/C22H18ClN3O6/c1-3-12(2)32-22(29)19(21(27)28)18-11-24-20(14-6-4-5-7-16(14)23)15-10-13(26(30)31)8-9-17(15)25-18/h4-12H,3H2,1-2H3,(H,27,28). The Hall–Kier alpha value is -3.85. The molecule has 1 unspecified atom stereocenters. The number of aliphatic carboxylic acids is 1. The molecule has 3 rings (SSSR count). The first-order valence-corrected chi connectivity index (χ1v) is 9.95. The van der Waals surface area contributed by atoms with Crippen molar-refractivity contribution in [2.75, 3.05) is 0 Å². The van der Waals surface area contributed by atoms with E-state index in [1.54, 1.807) is 38.1 Å². The second-order valence-electron chi connectivity index (χ2n) is 6.85. The van der Waals surface area contributed by atoms with E-state index in [-0.39, 0.29) is 27.7 Å². The molecule has 9 nitrogen and oxygen atoms in total. The fourth-order valence-corrected chi connectivity index (χ4v) is 3.12. The van der Waals surface area contributed by atoms with Crippen LogP contribution >= 0.6 is 11.6 Å². The number of nitro benzene ring substituents is 1. The van der Waals surface area contributed by atoms with E-state index in [1.807, 2.05) is 0 Å². The molecule has 0 radical (unpaired) electrons. The second-order valence-corrected chi connectivity index (χ2v) is 7.25. The van der Waals surface area contributed by atoms with Crippen LogP contribution in [0.2, 0.25) is 5.02 Å². The molecule has 1 heterocycles. The molecule has 0 bridgehead atoms. The molecular weight excluding hydrogens is 438 g/mol. The highest BCUT2D eigenvalue weighted by Crippen LogP contribution is 2.24. The fraction of sp³-hybridized carbons (Fsp3) is 0.182. The summed E-state index contributed by atoms with van der Waals surface area (Å²) in [6.07, 6.45) is 1.11. The number of carbonyl (C=O) groups excluding carboxylic acids is 1. The van der Waals surface area contributed by atoms with Crippen LogP contribution in [0.25, 0.3) is 5.70 Å². The van der Waals surface area contributed by atoms with Crippen LogP contribution in [0.5, 0.6) is 0 Å². The Morgan fingerprint density at radius 1 is 1.25 bits per heavy atom. The van der Waals surface area contributed by atoms with Crippen LogP contribution in [-0.2, 0) is 14.3 Å². The van der Waals surface area contributed by atoms with Gasteiger partial charge in [-0.1, -0.05) is 36.7 Å². The Labute approximate surface area is 187 Å². The summed E-state index contributed by atoms with van der Waals surface area (Å²) in [5.41, 5.74) is -0.446. The molecule has 2 aromatic rings. The van der Waals surface area contributed by atoms with E-state index in [9.17, 15) is 24.8 Å². The lowest BCUT2D eigenvalue weighted by Crippen LogP contribution is -2.28. The summed E-state index contributed by atoms with van der Waals surface area (Å²) in [5, 5.41) is 21.8. The van der Waals surface area contributed by atoms with Crippen molar-refractivity contribution in [3.05, 3.63) is 85.0 Å². The van der Waals surface area contributed by atoms with Crippen LogP contribution in [-0.4, -0.2) is 34.3 Å². The number of ether oxygens (including phenoxy) is 1. The monoisotopic (exact) mass is 455 g/mol. The quantitative estimate of drug-likeness (QED) is 0.178. The van der Waals surface area contributed by atoms with Crippen molar-refractivity contribution in [1.82, 2.24) is 0 Å². The number of carboxylic acids is 1. The van der Waals surface area contributed by atoms with Crippen molar-refractivity contribution in [3.8, 4) is 0 Å². The topological polar surface area (TPSA) is 131 Å². The molecule has 2 aromatic carbocycles. The molecule has 0 spiro atoms. The van der Waals surface area contributed by atoms with Gasteiger partial charge in [0.25, 0.3) is 5.69 Å². The minimum absolute atomic E-state index is 0.188. The van der Waals surface area contributed by atoms with Crippen molar-refractivity contribution < 1.29 is 24.4 Å². The molecule has 0 saturated heterocycles.